The van der Waals surface area contributed by atoms with Crippen LogP contribution in [0.5, 0.6) is 5.75 Å². The molecule has 2 bridgehead atoms. The average Bonchev–Trinajstić information content (AvgIpc) is 3.53. The van der Waals surface area contributed by atoms with E-state index in [2.05, 4.69) is 10.6 Å². The minimum absolute atomic E-state index is 0.0885. The van der Waals surface area contributed by atoms with E-state index in [0.29, 0.717) is 18.7 Å². The van der Waals surface area contributed by atoms with Gasteiger partial charge in [-0.1, -0.05) is 61.7 Å². The zero-order valence-electron chi connectivity index (χ0n) is 23.1. The van der Waals surface area contributed by atoms with E-state index in [0.717, 1.165) is 37.0 Å². The van der Waals surface area contributed by atoms with Crippen LogP contribution in [0.1, 0.15) is 44.6 Å². The molecule has 2 aromatic carbocycles. The van der Waals surface area contributed by atoms with Gasteiger partial charge in [0.1, 0.15) is 17.4 Å². The molecule has 40 heavy (non-hydrogen) atoms. The Balaban J connectivity index is 1.31. The Morgan fingerprint density at radius 1 is 1.00 bits per heavy atom. The van der Waals surface area contributed by atoms with Gasteiger partial charge < -0.3 is 25.0 Å². The third-order valence-corrected chi connectivity index (χ3v) is 9.12. The Hall–Kier alpha value is -3.65. The summed E-state index contributed by atoms with van der Waals surface area (Å²) in [6, 6.07) is 16.2. The highest BCUT2D eigenvalue weighted by Gasteiger charge is 2.76. The van der Waals surface area contributed by atoms with E-state index < -0.39 is 29.1 Å². The molecule has 210 valence electrons. The van der Waals surface area contributed by atoms with Crippen molar-refractivity contribution >= 4 is 23.4 Å². The van der Waals surface area contributed by atoms with Gasteiger partial charge in [0.05, 0.1) is 24.5 Å². The van der Waals surface area contributed by atoms with Crippen LogP contribution in [-0.4, -0.2) is 59.6 Å². The number of para-hydroxylation sites is 1. The highest BCUT2D eigenvalue weighted by Crippen LogP contribution is 2.59. The zero-order valence-corrected chi connectivity index (χ0v) is 23.1. The Kier molecular flexibility index (Phi) is 6.90. The SMILES string of the molecule is COc1ccc(CCN2C(=O)[C@@H]3[C@H](C(=O)Nc4ccccc4)[C@@]4(C)C=C[C@@]3(O4)[C@@H]2C(=O)NC2CCCCC2)cc1. The van der Waals surface area contributed by atoms with Crippen molar-refractivity contribution in [3.63, 3.8) is 0 Å². The second-order valence-electron chi connectivity index (χ2n) is 11.7. The summed E-state index contributed by atoms with van der Waals surface area (Å²) in [6.45, 7) is 2.18. The van der Waals surface area contributed by atoms with Crippen molar-refractivity contribution in [2.24, 2.45) is 11.8 Å². The number of carbonyl (C=O) groups excluding carboxylic acids is 3. The number of hydrogen-bond donors (Lipinski definition) is 2. The molecular weight excluding hydrogens is 506 g/mol. The number of ether oxygens (including phenoxy) is 2. The molecule has 1 spiro atoms. The summed E-state index contributed by atoms with van der Waals surface area (Å²) in [5.74, 6) is -1.48. The van der Waals surface area contributed by atoms with Gasteiger partial charge in [0, 0.05) is 18.3 Å². The maximum absolute atomic E-state index is 14.2. The van der Waals surface area contributed by atoms with E-state index in [1.807, 2.05) is 73.7 Å². The highest BCUT2D eigenvalue weighted by atomic mass is 16.5. The van der Waals surface area contributed by atoms with Gasteiger partial charge in [-0.3, -0.25) is 14.4 Å². The van der Waals surface area contributed by atoms with Crippen molar-refractivity contribution in [3.8, 4) is 5.75 Å². The summed E-state index contributed by atoms with van der Waals surface area (Å²) < 4.78 is 11.9. The van der Waals surface area contributed by atoms with E-state index >= 15 is 0 Å². The lowest BCUT2D eigenvalue weighted by Gasteiger charge is -2.34. The fourth-order valence-electron chi connectivity index (χ4n) is 7.18. The van der Waals surface area contributed by atoms with E-state index in [1.165, 1.54) is 6.42 Å². The lowest BCUT2D eigenvalue weighted by molar-refractivity contribution is -0.144. The maximum Gasteiger partial charge on any atom is 0.246 e. The summed E-state index contributed by atoms with van der Waals surface area (Å²) >= 11 is 0. The summed E-state index contributed by atoms with van der Waals surface area (Å²) in [5.41, 5.74) is -0.487. The van der Waals surface area contributed by atoms with Gasteiger partial charge in [0.15, 0.2) is 0 Å². The molecule has 0 aromatic heterocycles. The standard InChI is InChI=1S/C32H37N3O5/c1-31-18-19-32(40-31)26(25(31)28(36)33-22-9-5-3-6-10-22)30(38)35(20-17-21-13-15-24(39-2)16-14-21)27(32)29(37)34-23-11-7-4-8-12-23/h3,5-6,9-10,13-16,18-19,23,25-27H,4,7-8,11-12,17,20H2,1-2H3,(H,33,36)(H,34,37)/t25-,26+,27+,31-,32+/m1/s1. The molecule has 3 amide bonds. The van der Waals surface area contributed by atoms with Gasteiger partial charge in [-0.25, -0.2) is 0 Å². The van der Waals surface area contributed by atoms with E-state index in [1.54, 1.807) is 12.0 Å². The number of methoxy groups -OCH3 is 1. The maximum atomic E-state index is 14.2. The topological polar surface area (TPSA) is 97.0 Å². The van der Waals surface area contributed by atoms with Crippen LogP contribution in [-0.2, 0) is 25.5 Å². The Morgan fingerprint density at radius 2 is 1.73 bits per heavy atom. The Morgan fingerprint density at radius 3 is 2.42 bits per heavy atom. The second kappa shape index (κ2) is 10.4. The molecule has 4 aliphatic rings. The summed E-state index contributed by atoms with van der Waals surface area (Å²) in [5, 5.41) is 6.23. The van der Waals surface area contributed by atoms with Crippen LogP contribution in [0, 0.1) is 11.8 Å². The van der Waals surface area contributed by atoms with Gasteiger partial charge >= 0.3 is 0 Å². The number of rotatable bonds is 8. The lowest BCUT2D eigenvalue weighted by atomic mass is 9.70. The highest BCUT2D eigenvalue weighted by molar-refractivity contribution is 6.03. The van der Waals surface area contributed by atoms with Gasteiger partial charge in [0.2, 0.25) is 17.7 Å². The number of anilines is 1. The number of fused-ring (bicyclic) bond motifs is 1. The Labute approximate surface area is 235 Å². The number of nitrogens with zero attached hydrogens (tertiary/aromatic N) is 1. The minimum Gasteiger partial charge on any atom is -0.497 e. The van der Waals surface area contributed by atoms with Crippen molar-refractivity contribution in [3.05, 3.63) is 72.3 Å². The first-order chi connectivity index (χ1) is 19.3. The lowest BCUT2D eigenvalue weighted by Crippen LogP contribution is -2.57. The molecule has 1 saturated carbocycles. The molecule has 8 nitrogen and oxygen atoms in total. The summed E-state index contributed by atoms with van der Waals surface area (Å²) in [7, 11) is 1.62. The fourth-order valence-corrected chi connectivity index (χ4v) is 7.18. The third-order valence-electron chi connectivity index (χ3n) is 9.12. The number of amides is 3. The molecule has 3 heterocycles. The molecule has 3 aliphatic heterocycles. The molecule has 0 unspecified atom stereocenters. The van der Waals surface area contributed by atoms with Crippen LogP contribution in [0.15, 0.2) is 66.7 Å². The third kappa shape index (κ3) is 4.48. The largest absolute Gasteiger partial charge is 0.497 e. The molecule has 3 fully saturated rings. The summed E-state index contributed by atoms with van der Waals surface area (Å²) in [4.78, 5) is 43.7. The smallest absolute Gasteiger partial charge is 0.246 e. The molecule has 5 atom stereocenters. The number of carbonyl (C=O) groups is 3. The molecule has 0 radical (unpaired) electrons. The van der Waals surface area contributed by atoms with Crippen LogP contribution < -0.4 is 15.4 Å². The van der Waals surface area contributed by atoms with Crippen molar-refractivity contribution < 1.29 is 23.9 Å². The number of likely N-dealkylation sites (tertiary alicyclic amines) is 1. The Bertz CT molecular complexity index is 1310. The number of nitrogens with one attached hydrogen (secondary N) is 2. The van der Waals surface area contributed by atoms with Gasteiger partial charge in [0.25, 0.3) is 0 Å². The van der Waals surface area contributed by atoms with Crippen LogP contribution in [0.3, 0.4) is 0 Å². The predicted octanol–water partition coefficient (Wildman–Crippen LogP) is 3.87. The molecule has 2 saturated heterocycles. The van der Waals surface area contributed by atoms with Gasteiger partial charge in [-0.15, -0.1) is 0 Å². The predicted molar refractivity (Wildman–Crippen MR) is 151 cm³/mol. The molecule has 1 aliphatic carbocycles. The van der Waals surface area contributed by atoms with Gasteiger partial charge in [-0.05, 0) is 56.0 Å². The zero-order chi connectivity index (χ0) is 27.9. The van der Waals surface area contributed by atoms with Crippen LogP contribution in [0.4, 0.5) is 5.69 Å². The summed E-state index contributed by atoms with van der Waals surface area (Å²) in [6.07, 6.45) is 9.53. The first kappa shape index (κ1) is 26.6. The van der Waals surface area contributed by atoms with Crippen molar-refractivity contribution in [2.45, 2.75) is 68.7 Å². The first-order valence-corrected chi connectivity index (χ1v) is 14.3. The molecular formula is C32H37N3O5. The fraction of sp³-hybridized carbons (Fsp3) is 0.469. The van der Waals surface area contributed by atoms with Crippen molar-refractivity contribution in [2.75, 3.05) is 19.0 Å². The van der Waals surface area contributed by atoms with E-state index in [4.69, 9.17) is 9.47 Å². The molecule has 8 heteroatoms. The van der Waals surface area contributed by atoms with Crippen LogP contribution in [0.2, 0.25) is 0 Å². The van der Waals surface area contributed by atoms with Crippen molar-refractivity contribution in [1.82, 2.24) is 10.2 Å². The quantitative estimate of drug-likeness (QED) is 0.493. The molecule has 6 rings (SSSR count). The van der Waals surface area contributed by atoms with E-state index in [9.17, 15) is 14.4 Å². The molecule has 2 aromatic rings. The van der Waals surface area contributed by atoms with Crippen molar-refractivity contribution in [1.29, 1.82) is 0 Å². The number of hydrogen-bond acceptors (Lipinski definition) is 5. The van der Waals surface area contributed by atoms with Gasteiger partial charge in [-0.2, -0.15) is 0 Å². The normalized spacial score (nSPS) is 30.8. The average molecular weight is 544 g/mol. The molecule has 2 N–H and O–H groups in total. The first-order valence-electron chi connectivity index (χ1n) is 14.3. The van der Waals surface area contributed by atoms with Crippen LogP contribution >= 0.6 is 0 Å². The number of benzene rings is 2. The van der Waals surface area contributed by atoms with Crippen LogP contribution in [0.25, 0.3) is 0 Å². The minimum atomic E-state index is -1.19. The van der Waals surface area contributed by atoms with E-state index in [-0.39, 0.29) is 23.8 Å². The monoisotopic (exact) mass is 543 g/mol. The second-order valence-corrected chi connectivity index (χ2v) is 11.7.